The molecule has 0 spiro atoms. The van der Waals surface area contributed by atoms with Gasteiger partial charge in [-0.15, -0.1) is 0 Å². The fourth-order valence-electron chi connectivity index (χ4n) is 3.82. The third-order valence-corrected chi connectivity index (χ3v) is 5.55. The van der Waals surface area contributed by atoms with Crippen LogP contribution in [0, 0.1) is 11.8 Å². The van der Waals surface area contributed by atoms with E-state index in [2.05, 4.69) is 5.32 Å². The quantitative estimate of drug-likeness (QED) is 0.922. The Labute approximate surface area is 134 Å². The van der Waals surface area contributed by atoms with Gasteiger partial charge in [0.05, 0.1) is 17.7 Å². The number of fused-ring (bicyclic) bond motifs is 1. The fraction of sp³-hybridized carbons (Fsp3) is 0.625. The van der Waals surface area contributed by atoms with Crippen LogP contribution in [0.3, 0.4) is 0 Å². The number of thiophene rings is 1. The van der Waals surface area contributed by atoms with E-state index in [0.717, 1.165) is 31.5 Å². The Morgan fingerprint density at radius 2 is 2.05 bits per heavy atom. The average Bonchev–Trinajstić information content (AvgIpc) is 3.14. The van der Waals surface area contributed by atoms with E-state index < -0.39 is 0 Å². The van der Waals surface area contributed by atoms with Crippen LogP contribution in [0.25, 0.3) is 0 Å². The molecule has 1 aliphatic carbocycles. The van der Waals surface area contributed by atoms with Gasteiger partial charge in [0.1, 0.15) is 0 Å². The molecule has 0 aromatic carbocycles. The van der Waals surface area contributed by atoms with Crippen LogP contribution in [0.2, 0.25) is 0 Å². The Morgan fingerprint density at radius 1 is 1.32 bits per heavy atom. The number of nitrogens with one attached hydrogen (secondary N) is 1. The van der Waals surface area contributed by atoms with Crippen LogP contribution >= 0.6 is 11.3 Å². The molecule has 120 valence electrons. The van der Waals surface area contributed by atoms with Crippen molar-refractivity contribution in [1.82, 2.24) is 10.2 Å². The fourth-order valence-corrected chi connectivity index (χ4v) is 4.45. The summed E-state index contributed by atoms with van der Waals surface area (Å²) in [6, 6.07) is 1.94. The summed E-state index contributed by atoms with van der Waals surface area (Å²) in [5.74, 6) is 1.03. The van der Waals surface area contributed by atoms with Crippen molar-refractivity contribution in [2.75, 3.05) is 20.2 Å². The molecular formula is C16H22N2O3S. The van der Waals surface area contributed by atoms with E-state index in [1.54, 1.807) is 25.4 Å². The zero-order chi connectivity index (χ0) is 15.7. The lowest BCUT2D eigenvalue weighted by molar-refractivity contribution is -0.121. The van der Waals surface area contributed by atoms with Gasteiger partial charge >= 0.3 is 0 Å². The molecule has 2 amide bonds. The van der Waals surface area contributed by atoms with E-state index in [1.807, 2.05) is 21.7 Å². The van der Waals surface area contributed by atoms with Crippen LogP contribution in [0.4, 0.5) is 0 Å². The van der Waals surface area contributed by atoms with E-state index in [0.29, 0.717) is 11.8 Å². The van der Waals surface area contributed by atoms with Gasteiger partial charge in [0.2, 0.25) is 5.91 Å². The first-order chi connectivity index (χ1) is 10.6. The Bertz CT molecular complexity index is 546. The molecule has 1 N–H and O–H groups in total. The van der Waals surface area contributed by atoms with E-state index in [9.17, 15) is 9.59 Å². The van der Waals surface area contributed by atoms with Gasteiger partial charge in [-0.2, -0.15) is 11.3 Å². The molecule has 4 atom stereocenters. The van der Waals surface area contributed by atoms with Gasteiger partial charge in [0.15, 0.2) is 0 Å². The maximum absolute atomic E-state index is 12.5. The standard InChI is InChI=1S/C16H22N2O3S/c1-10(19)17-14-5-12-7-18(8-13(12)6-15(14)21-2)16(20)11-3-4-22-9-11/h3-4,9,12-15H,5-8H2,1-2H3,(H,17,19)/t12-,13+,14-,15-/m1/s1. The molecular weight excluding hydrogens is 300 g/mol. The number of amides is 2. The van der Waals surface area contributed by atoms with Gasteiger partial charge in [-0.1, -0.05) is 0 Å². The van der Waals surface area contributed by atoms with Crippen molar-refractivity contribution in [2.45, 2.75) is 31.9 Å². The molecule has 5 nitrogen and oxygen atoms in total. The molecule has 0 unspecified atom stereocenters. The predicted octanol–water partition coefficient (Wildman–Crippen LogP) is 1.75. The minimum absolute atomic E-state index is 0.0188. The maximum Gasteiger partial charge on any atom is 0.254 e. The molecule has 1 saturated carbocycles. The highest BCUT2D eigenvalue weighted by Gasteiger charge is 2.43. The Kier molecular flexibility index (Phi) is 4.49. The third-order valence-electron chi connectivity index (χ3n) is 4.86. The van der Waals surface area contributed by atoms with Crippen LogP contribution in [-0.2, 0) is 9.53 Å². The minimum atomic E-state index is -0.0188. The molecule has 1 aromatic rings. The van der Waals surface area contributed by atoms with Crippen molar-refractivity contribution < 1.29 is 14.3 Å². The van der Waals surface area contributed by atoms with Gasteiger partial charge < -0.3 is 15.0 Å². The normalized spacial score (nSPS) is 30.9. The molecule has 1 aliphatic heterocycles. The number of hydrogen-bond acceptors (Lipinski definition) is 4. The first kappa shape index (κ1) is 15.5. The van der Waals surface area contributed by atoms with Crippen molar-refractivity contribution in [3.05, 3.63) is 22.4 Å². The molecule has 0 bridgehead atoms. The summed E-state index contributed by atoms with van der Waals surface area (Å²) < 4.78 is 5.56. The zero-order valence-electron chi connectivity index (χ0n) is 13.0. The molecule has 1 saturated heterocycles. The minimum Gasteiger partial charge on any atom is -0.379 e. The zero-order valence-corrected chi connectivity index (χ0v) is 13.8. The van der Waals surface area contributed by atoms with Gasteiger partial charge in [-0.3, -0.25) is 9.59 Å². The van der Waals surface area contributed by atoms with Crippen LogP contribution < -0.4 is 5.32 Å². The van der Waals surface area contributed by atoms with Crippen LogP contribution in [0.1, 0.15) is 30.1 Å². The number of carbonyl (C=O) groups is 2. The lowest BCUT2D eigenvalue weighted by atomic mass is 9.77. The summed E-state index contributed by atoms with van der Waals surface area (Å²) in [7, 11) is 1.70. The van der Waals surface area contributed by atoms with E-state index in [4.69, 9.17) is 4.74 Å². The van der Waals surface area contributed by atoms with E-state index >= 15 is 0 Å². The lowest BCUT2D eigenvalue weighted by Crippen LogP contribution is -2.49. The number of likely N-dealkylation sites (tertiary alicyclic amines) is 1. The van der Waals surface area contributed by atoms with Crippen molar-refractivity contribution in [3.63, 3.8) is 0 Å². The summed E-state index contributed by atoms with van der Waals surface area (Å²) in [5.41, 5.74) is 0.783. The van der Waals surface area contributed by atoms with Crippen molar-refractivity contribution >= 4 is 23.2 Å². The molecule has 1 aromatic heterocycles. The number of carbonyl (C=O) groups excluding carboxylic acids is 2. The second-order valence-electron chi connectivity index (χ2n) is 6.29. The van der Waals surface area contributed by atoms with Gasteiger partial charge in [-0.05, 0) is 36.1 Å². The SMILES string of the molecule is CO[C@@H]1C[C@H]2CN(C(=O)c3ccsc3)C[C@H]2C[C@H]1NC(C)=O. The second-order valence-corrected chi connectivity index (χ2v) is 7.07. The lowest BCUT2D eigenvalue weighted by Gasteiger charge is -2.37. The predicted molar refractivity (Wildman–Crippen MR) is 84.8 cm³/mol. The van der Waals surface area contributed by atoms with E-state index in [-0.39, 0.29) is 24.0 Å². The Balaban J connectivity index is 1.67. The maximum atomic E-state index is 12.5. The van der Waals surface area contributed by atoms with Crippen LogP contribution in [0.5, 0.6) is 0 Å². The topological polar surface area (TPSA) is 58.6 Å². The molecule has 0 radical (unpaired) electrons. The van der Waals surface area contributed by atoms with Gasteiger partial charge in [0.25, 0.3) is 5.91 Å². The molecule has 2 heterocycles. The largest absolute Gasteiger partial charge is 0.379 e. The summed E-state index contributed by atoms with van der Waals surface area (Å²) in [4.78, 5) is 25.8. The molecule has 2 fully saturated rings. The monoisotopic (exact) mass is 322 g/mol. The van der Waals surface area contributed by atoms with Crippen molar-refractivity contribution in [1.29, 1.82) is 0 Å². The number of nitrogens with zero attached hydrogens (tertiary/aromatic N) is 1. The van der Waals surface area contributed by atoms with Crippen molar-refractivity contribution in [3.8, 4) is 0 Å². The number of hydrogen-bond donors (Lipinski definition) is 1. The molecule has 6 heteroatoms. The summed E-state index contributed by atoms with van der Waals surface area (Å²) in [5, 5.41) is 6.84. The van der Waals surface area contributed by atoms with Gasteiger partial charge in [0, 0.05) is 32.5 Å². The number of rotatable bonds is 3. The summed E-state index contributed by atoms with van der Waals surface area (Å²) in [6.07, 6.45) is 1.83. The third kappa shape index (κ3) is 3.03. The highest BCUT2D eigenvalue weighted by molar-refractivity contribution is 7.08. The van der Waals surface area contributed by atoms with E-state index in [1.165, 1.54) is 0 Å². The highest BCUT2D eigenvalue weighted by Crippen LogP contribution is 2.38. The molecule has 3 rings (SSSR count). The summed E-state index contributed by atoms with van der Waals surface area (Å²) in [6.45, 7) is 3.12. The number of methoxy groups -OCH3 is 1. The summed E-state index contributed by atoms with van der Waals surface area (Å²) >= 11 is 1.55. The smallest absolute Gasteiger partial charge is 0.254 e. The molecule has 22 heavy (non-hydrogen) atoms. The number of ether oxygens (including phenoxy) is 1. The average molecular weight is 322 g/mol. The highest BCUT2D eigenvalue weighted by atomic mass is 32.1. The Hall–Kier alpha value is -1.40. The Morgan fingerprint density at radius 3 is 2.64 bits per heavy atom. The molecule has 2 aliphatic rings. The second kappa shape index (κ2) is 6.38. The van der Waals surface area contributed by atoms with Crippen LogP contribution in [0.15, 0.2) is 16.8 Å². The van der Waals surface area contributed by atoms with Gasteiger partial charge in [-0.25, -0.2) is 0 Å². The first-order valence-corrected chi connectivity index (χ1v) is 8.64. The first-order valence-electron chi connectivity index (χ1n) is 7.70. The van der Waals surface area contributed by atoms with Crippen LogP contribution in [-0.4, -0.2) is 49.1 Å². The van der Waals surface area contributed by atoms with Crippen molar-refractivity contribution in [2.24, 2.45) is 11.8 Å².